The first-order valence-corrected chi connectivity index (χ1v) is 11.0. The molecule has 0 saturated carbocycles. The average Bonchev–Trinajstić information content (AvgIpc) is 3.38. The van der Waals surface area contributed by atoms with Crippen LogP contribution in [0, 0.1) is 0 Å². The second kappa shape index (κ2) is 8.47. The largest absolute Gasteiger partial charge is 0.444 e. The van der Waals surface area contributed by atoms with Gasteiger partial charge in [-0.05, 0) is 68.1 Å². The van der Waals surface area contributed by atoms with Crippen molar-refractivity contribution in [2.45, 2.75) is 26.4 Å². The Hall–Kier alpha value is -3.65. The molecule has 0 bridgehead atoms. The van der Waals surface area contributed by atoms with Crippen LogP contribution in [0.15, 0.2) is 60.2 Å². The van der Waals surface area contributed by atoms with E-state index < -0.39 is 11.7 Å². The molecule has 32 heavy (non-hydrogen) atoms. The highest BCUT2D eigenvalue weighted by molar-refractivity contribution is 7.13. The summed E-state index contributed by atoms with van der Waals surface area (Å²) in [6, 6.07) is 14.8. The first-order chi connectivity index (χ1) is 15.2. The number of hydrogen-bond donors (Lipinski definition) is 2. The van der Waals surface area contributed by atoms with Crippen LogP contribution in [-0.2, 0) is 11.8 Å². The van der Waals surface area contributed by atoms with Crippen LogP contribution in [0.4, 0.5) is 16.2 Å². The number of fused-ring (bicyclic) bond motifs is 1. The van der Waals surface area contributed by atoms with Crippen molar-refractivity contribution in [2.24, 2.45) is 7.05 Å². The third-order valence-corrected chi connectivity index (χ3v) is 5.62. The Morgan fingerprint density at radius 3 is 2.56 bits per heavy atom. The molecule has 2 amide bonds. The second-order valence-electron chi connectivity index (χ2n) is 8.38. The number of aryl methyl sites for hydroxylation is 1. The molecule has 2 heterocycles. The van der Waals surface area contributed by atoms with Gasteiger partial charge in [-0.1, -0.05) is 12.1 Å². The lowest BCUT2D eigenvalue weighted by Crippen LogP contribution is -2.27. The van der Waals surface area contributed by atoms with Gasteiger partial charge in [0, 0.05) is 17.5 Å². The van der Waals surface area contributed by atoms with Gasteiger partial charge in [0.2, 0.25) is 0 Å². The number of amides is 2. The molecule has 2 N–H and O–H groups in total. The van der Waals surface area contributed by atoms with E-state index in [1.165, 1.54) is 0 Å². The van der Waals surface area contributed by atoms with Gasteiger partial charge in [-0.3, -0.25) is 10.1 Å². The van der Waals surface area contributed by atoms with Crippen LogP contribution in [0.2, 0.25) is 0 Å². The highest BCUT2D eigenvalue weighted by Gasteiger charge is 2.19. The van der Waals surface area contributed by atoms with E-state index in [1.807, 2.05) is 47.3 Å². The van der Waals surface area contributed by atoms with Crippen LogP contribution < -0.4 is 10.6 Å². The zero-order valence-corrected chi connectivity index (χ0v) is 19.1. The van der Waals surface area contributed by atoms with Gasteiger partial charge < -0.3 is 14.6 Å². The minimum absolute atomic E-state index is 0.288. The fourth-order valence-electron chi connectivity index (χ4n) is 3.23. The summed E-state index contributed by atoms with van der Waals surface area (Å²) in [6.07, 6.45) is 1.12. The fourth-order valence-corrected chi connectivity index (χ4v) is 3.95. The average molecular weight is 449 g/mol. The van der Waals surface area contributed by atoms with Gasteiger partial charge in [-0.2, -0.15) is 0 Å². The number of nitrogens with one attached hydrogen (secondary N) is 2. The van der Waals surface area contributed by atoms with Crippen LogP contribution in [0.3, 0.4) is 0 Å². The molecule has 0 aliphatic rings. The van der Waals surface area contributed by atoms with E-state index in [-0.39, 0.29) is 5.91 Å². The highest BCUT2D eigenvalue weighted by atomic mass is 32.1. The molecule has 0 spiro atoms. The lowest BCUT2D eigenvalue weighted by atomic mass is 10.1. The molecule has 0 saturated heterocycles. The quantitative estimate of drug-likeness (QED) is 0.407. The Balaban J connectivity index is 1.65. The van der Waals surface area contributed by atoms with E-state index in [0.717, 1.165) is 21.5 Å². The van der Waals surface area contributed by atoms with Gasteiger partial charge in [0.1, 0.15) is 5.60 Å². The Kier molecular flexibility index (Phi) is 5.71. The summed E-state index contributed by atoms with van der Waals surface area (Å²) in [7, 11) is 1.88. The monoisotopic (exact) mass is 448 g/mol. The van der Waals surface area contributed by atoms with Crippen molar-refractivity contribution < 1.29 is 14.3 Å². The summed E-state index contributed by atoms with van der Waals surface area (Å²) in [5.74, 6) is -0.288. The molecule has 0 aliphatic heterocycles. The van der Waals surface area contributed by atoms with Crippen molar-refractivity contribution >= 4 is 45.7 Å². The van der Waals surface area contributed by atoms with E-state index in [2.05, 4.69) is 15.6 Å². The van der Waals surface area contributed by atoms with Crippen molar-refractivity contribution in [3.63, 3.8) is 0 Å². The number of benzene rings is 2. The molecule has 8 heteroatoms. The van der Waals surface area contributed by atoms with Crippen LogP contribution in [-0.4, -0.2) is 27.2 Å². The molecule has 0 atom stereocenters. The third-order valence-electron chi connectivity index (χ3n) is 4.70. The number of thiophene rings is 1. The normalized spacial score (nSPS) is 11.4. The van der Waals surface area contributed by atoms with Crippen molar-refractivity contribution in [2.75, 3.05) is 10.6 Å². The molecule has 4 rings (SSSR count). The maximum Gasteiger partial charge on any atom is 0.412 e. The number of rotatable bonds is 4. The predicted molar refractivity (Wildman–Crippen MR) is 128 cm³/mol. The van der Waals surface area contributed by atoms with Gasteiger partial charge in [-0.25, -0.2) is 9.78 Å². The summed E-state index contributed by atoms with van der Waals surface area (Å²) in [5, 5.41) is 7.67. The smallest absolute Gasteiger partial charge is 0.412 e. The van der Waals surface area contributed by atoms with Crippen molar-refractivity contribution in [3.05, 3.63) is 65.8 Å². The fraction of sp³-hybridized carbons (Fsp3) is 0.208. The molecule has 2 aromatic heterocycles. The third kappa shape index (κ3) is 4.81. The van der Waals surface area contributed by atoms with E-state index >= 15 is 0 Å². The second-order valence-corrected chi connectivity index (χ2v) is 9.33. The van der Waals surface area contributed by atoms with Crippen molar-refractivity contribution in [1.82, 2.24) is 9.55 Å². The molecule has 0 radical (unpaired) electrons. The number of aromatic nitrogens is 2. The summed E-state index contributed by atoms with van der Waals surface area (Å²) < 4.78 is 7.23. The molecule has 164 valence electrons. The number of carbonyl (C=O) groups is 2. The van der Waals surface area contributed by atoms with E-state index in [9.17, 15) is 9.59 Å². The first kappa shape index (κ1) is 21.6. The predicted octanol–water partition coefficient (Wildman–Crippen LogP) is 5.90. The number of imidazole rings is 1. The van der Waals surface area contributed by atoms with E-state index in [1.54, 1.807) is 56.6 Å². The maximum absolute atomic E-state index is 13.1. The van der Waals surface area contributed by atoms with Gasteiger partial charge >= 0.3 is 6.09 Å². The molecule has 2 aromatic carbocycles. The summed E-state index contributed by atoms with van der Waals surface area (Å²) in [4.78, 5) is 30.8. The Bertz CT molecular complexity index is 1290. The zero-order valence-electron chi connectivity index (χ0n) is 18.3. The minimum Gasteiger partial charge on any atom is -0.444 e. The van der Waals surface area contributed by atoms with Gasteiger partial charge in [-0.15, -0.1) is 11.3 Å². The number of carbonyl (C=O) groups excluding carboxylic acids is 2. The summed E-state index contributed by atoms with van der Waals surface area (Å²) in [6.45, 7) is 5.39. The standard InChI is InChI=1S/C24H24N4O3S/c1-24(2,3)31-23(30)27-17-9-7-15(21-6-5-11-32-21)12-19(17)26-22(29)16-8-10-18-20(13-16)28(4)14-25-18/h5-14H,1-4H3,(H,26,29)(H,27,30). The first-order valence-electron chi connectivity index (χ1n) is 10.1. The molecule has 0 unspecified atom stereocenters. The Labute approximate surface area is 190 Å². The van der Waals surface area contributed by atoms with Gasteiger partial charge in [0.25, 0.3) is 5.91 Å². The number of nitrogens with zero attached hydrogens (tertiary/aromatic N) is 2. The Morgan fingerprint density at radius 1 is 1.03 bits per heavy atom. The number of anilines is 2. The van der Waals surface area contributed by atoms with Crippen molar-refractivity contribution in [3.8, 4) is 10.4 Å². The maximum atomic E-state index is 13.1. The van der Waals surface area contributed by atoms with Crippen LogP contribution in [0.5, 0.6) is 0 Å². The molecule has 0 aliphatic carbocycles. The van der Waals surface area contributed by atoms with Crippen LogP contribution >= 0.6 is 11.3 Å². The number of hydrogen-bond acceptors (Lipinski definition) is 5. The molecular formula is C24H24N4O3S. The highest BCUT2D eigenvalue weighted by Crippen LogP contribution is 2.32. The van der Waals surface area contributed by atoms with E-state index in [0.29, 0.717) is 16.9 Å². The molecular weight excluding hydrogens is 424 g/mol. The van der Waals surface area contributed by atoms with Gasteiger partial charge in [0.15, 0.2) is 0 Å². The van der Waals surface area contributed by atoms with E-state index in [4.69, 9.17) is 4.74 Å². The lowest BCUT2D eigenvalue weighted by molar-refractivity contribution is 0.0635. The summed E-state index contributed by atoms with van der Waals surface area (Å²) in [5.41, 5.74) is 3.40. The number of ether oxygens (including phenoxy) is 1. The lowest BCUT2D eigenvalue weighted by Gasteiger charge is -2.21. The molecule has 7 nitrogen and oxygen atoms in total. The zero-order chi connectivity index (χ0) is 22.9. The SMILES string of the molecule is Cn1cnc2ccc(C(=O)Nc3cc(-c4cccs4)ccc3NC(=O)OC(C)(C)C)cc21. The van der Waals surface area contributed by atoms with Crippen LogP contribution in [0.1, 0.15) is 31.1 Å². The van der Waals surface area contributed by atoms with Gasteiger partial charge in [0.05, 0.1) is 28.7 Å². The van der Waals surface area contributed by atoms with Crippen molar-refractivity contribution in [1.29, 1.82) is 0 Å². The summed E-state index contributed by atoms with van der Waals surface area (Å²) >= 11 is 1.60. The van der Waals surface area contributed by atoms with Crippen LogP contribution in [0.25, 0.3) is 21.5 Å². The molecule has 4 aromatic rings. The minimum atomic E-state index is -0.636. The topological polar surface area (TPSA) is 85.3 Å². The molecule has 0 fully saturated rings. The Morgan fingerprint density at radius 2 is 1.84 bits per heavy atom.